The number of aryl methyl sites for hydroxylation is 1. The monoisotopic (exact) mass is 443 g/mol. The van der Waals surface area contributed by atoms with E-state index in [0.29, 0.717) is 33.4 Å². The maximum atomic E-state index is 13.0. The predicted molar refractivity (Wildman–Crippen MR) is 124 cm³/mol. The smallest absolute Gasteiger partial charge is 0.256 e. The molecule has 0 aliphatic heterocycles. The van der Waals surface area contributed by atoms with Crippen LogP contribution < -0.4 is 10.9 Å². The van der Waals surface area contributed by atoms with Crippen molar-refractivity contribution >= 4 is 29.0 Å². The molecule has 0 radical (unpaired) electrons. The van der Waals surface area contributed by atoms with Gasteiger partial charge in [-0.1, -0.05) is 41.9 Å². The molecule has 0 aliphatic rings. The van der Waals surface area contributed by atoms with Crippen molar-refractivity contribution in [1.82, 2.24) is 9.97 Å². The second-order valence-electron chi connectivity index (χ2n) is 7.15. The van der Waals surface area contributed by atoms with E-state index < -0.39 is 5.91 Å². The largest absolute Gasteiger partial charge is 0.322 e. The van der Waals surface area contributed by atoms with Crippen LogP contribution in [-0.4, -0.2) is 21.7 Å². The quantitative estimate of drug-likeness (QED) is 0.430. The van der Waals surface area contributed by atoms with E-state index >= 15 is 0 Å². The Kier molecular flexibility index (Phi) is 5.96. The molecule has 0 unspecified atom stereocenters. The van der Waals surface area contributed by atoms with Gasteiger partial charge in [-0.05, 0) is 49.4 Å². The number of H-pyrrole nitrogens is 1. The van der Waals surface area contributed by atoms with E-state index in [1.807, 2.05) is 0 Å². The van der Waals surface area contributed by atoms with Crippen LogP contribution in [0.25, 0.3) is 11.4 Å². The van der Waals surface area contributed by atoms with Crippen molar-refractivity contribution in [3.8, 4) is 11.4 Å². The van der Waals surface area contributed by atoms with Crippen LogP contribution in [0.5, 0.6) is 0 Å². The summed E-state index contributed by atoms with van der Waals surface area (Å²) < 4.78 is 0. The van der Waals surface area contributed by atoms with E-state index in [1.54, 1.807) is 79.7 Å². The van der Waals surface area contributed by atoms with Crippen LogP contribution >= 0.6 is 11.6 Å². The van der Waals surface area contributed by atoms with Gasteiger partial charge in [0.15, 0.2) is 5.78 Å². The number of halogens is 1. The molecule has 158 valence electrons. The molecule has 4 rings (SSSR count). The van der Waals surface area contributed by atoms with E-state index in [1.165, 1.54) is 6.07 Å². The lowest BCUT2D eigenvalue weighted by atomic mass is 9.98. The molecule has 0 fully saturated rings. The third-order valence-corrected chi connectivity index (χ3v) is 5.04. The summed E-state index contributed by atoms with van der Waals surface area (Å²) in [7, 11) is 0. The Bertz CT molecular complexity index is 1380. The molecule has 7 heteroatoms. The van der Waals surface area contributed by atoms with E-state index in [0.717, 1.165) is 0 Å². The number of carbonyl (C=O) groups excluding carboxylic acids is 2. The first-order valence-electron chi connectivity index (χ1n) is 9.80. The molecule has 1 aromatic heterocycles. The van der Waals surface area contributed by atoms with Crippen molar-refractivity contribution in [2.75, 3.05) is 5.32 Å². The summed E-state index contributed by atoms with van der Waals surface area (Å²) in [5.41, 5.74) is 2.46. The number of ketones is 1. The number of amides is 1. The molecule has 4 aromatic rings. The van der Waals surface area contributed by atoms with Crippen molar-refractivity contribution in [3.05, 3.63) is 117 Å². The highest BCUT2D eigenvalue weighted by Gasteiger charge is 2.18. The molecule has 6 nitrogen and oxygen atoms in total. The number of rotatable bonds is 5. The van der Waals surface area contributed by atoms with Crippen LogP contribution in [0.4, 0.5) is 5.69 Å². The fourth-order valence-electron chi connectivity index (χ4n) is 3.29. The molecule has 0 spiro atoms. The normalized spacial score (nSPS) is 10.6. The zero-order chi connectivity index (χ0) is 22.7. The first kappa shape index (κ1) is 21.2. The second-order valence-corrected chi connectivity index (χ2v) is 7.59. The molecular formula is C25H18ClN3O3. The molecule has 0 atom stereocenters. The summed E-state index contributed by atoms with van der Waals surface area (Å²) in [6.07, 6.45) is 0. The van der Waals surface area contributed by atoms with Gasteiger partial charge in [-0.15, -0.1) is 0 Å². The molecule has 0 saturated heterocycles. The number of anilines is 1. The van der Waals surface area contributed by atoms with Crippen LogP contribution in [-0.2, 0) is 0 Å². The summed E-state index contributed by atoms with van der Waals surface area (Å²) in [6.45, 7) is 1.74. The minimum atomic E-state index is -0.425. The minimum absolute atomic E-state index is 0.250. The summed E-state index contributed by atoms with van der Waals surface area (Å²) in [5.74, 6) is -0.294. The highest BCUT2D eigenvalue weighted by molar-refractivity contribution is 6.30. The number of hydrogen-bond donors (Lipinski definition) is 2. The van der Waals surface area contributed by atoms with Gasteiger partial charge in [-0.3, -0.25) is 14.4 Å². The predicted octanol–water partition coefficient (Wildman–Crippen LogP) is 4.88. The van der Waals surface area contributed by atoms with E-state index in [4.69, 9.17) is 11.6 Å². The molecule has 32 heavy (non-hydrogen) atoms. The number of nitrogens with one attached hydrogen (secondary N) is 2. The number of aromatic nitrogens is 2. The minimum Gasteiger partial charge on any atom is -0.322 e. The highest BCUT2D eigenvalue weighted by atomic mass is 35.5. The Balaban J connectivity index is 1.62. The molecule has 1 heterocycles. The Morgan fingerprint density at radius 2 is 1.62 bits per heavy atom. The van der Waals surface area contributed by atoms with Crippen molar-refractivity contribution < 1.29 is 9.59 Å². The molecule has 0 bridgehead atoms. The van der Waals surface area contributed by atoms with E-state index in [-0.39, 0.29) is 22.5 Å². The highest BCUT2D eigenvalue weighted by Crippen LogP contribution is 2.21. The molecule has 1 amide bonds. The van der Waals surface area contributed by atoms with Gasteiger partial charge in [-0.2, -0.15) is 0 Å². The van der Waals surface area contributed by atoms with Crippen molar-refractivity contribution in [3.63, 3.8) is 0 Å². The fourth-order valence-corrected chi connectivity index (χ4v) is 3.42. The zero-order valence-corrected chi connectivity index (χ0v) is 17.8. The second kappa shape index (κ2) is 8.99. The maximum Gasteiger partial charge on any atom is 0.256 e. The molecule has 0 aliphatic carbocycles. The third kappa shape index (κ3) is 4.66. The number of carbonyl (C=O) groups is 2. The lowest BCUT2D eigenvalue weighted by Crippen LogP contribution is -2.17. The van der Waals surface area contributed by atoms with E-state index in [9.17, 15) is 14.4 Å². The first-order valence-corrected chi connectivity index (χ1v) is 10.2. The van der Waals surface area contributed by atoms with Gasteiger partial charge >= 0.3 is 0 Å². The Morgan fingerprint density at radius 3 is 2.34 bits per heavy atom. The van der Waals surface area contributed by atoms with Crippen LogP contribution in [0, 0.1) is 6.92 Å². The van der Waals surface area contributed by atoms with Gasteiger partial charge in [-0.25, -0.2) is 4.98 Å². The Morgan fingerprint density at radius 1 is 0.906 bits per heavy atom. The zero-order valence-electron chi connectivity index (χ0n) is 17.1. The summed E-state index contributed by atoms with van der Waals surface area (Å²) in [5, 5.41) is 3.35. The van der Waals surface area contributed by atoms with E-state index in [2.05, 4.69) is 15.3 Å². The third-order valence-electron chi connectivity index (χ3n) is 4.79. The number of aromatic amines is 1. The van der Waals surface area contributed by atoms with Gasteiger partial charge in [0.25, 0.3) is 11.5 Å². The van der Waals surface area contributed by atoms with Gasteiger partial charge in [0.1, 0.15) is 5.82 Å². The SMILES string of the molecule is Cc1cc(=O)[nH]c(-c2cccc(NC(=O)c3ccccc3C(=O)c3ccc(Cl)cc3)c2)n1. The Labute approximate surface area is 188 Å². The average molecular weight is 444 g/mol. The number of hydrogen-bond acceptors (Lipinski definition) is 4. The summed E-state index contributed by atoms with van der Waals surface area (Å²) >= 11 is 5.91. The van der Waals surface area contributed by atoms with Crippen molar-refractivity contribution in [2.45, 2.75) is 6.92 Å². The number of nitrogens with zero attached hydrogens (tertiary/aromatic N) is 1. The van der Waals surface area contributed by atoms with Crippen molar-refractivity contribution in [2.24, 2.45) is 0 Å². The molecule has 2 N–H and O–H groups in total. The van der Waals surface area contributed by atoms with Crippen LogP contribution in [0.3, 0.4) is 0 Å². The maximum absolute atomic E-state index is 13.0. The standard InChI is InChI=1S/C25H18ClN3O3/c1-15-13-22(30)29-24(27-15)17-5-4-6-19(14-17)28-25(32)21-8-3-2-7-20(21)23(31)16-9-11-18(26)12-10-16/h2-14H,1H3,(H,28,32)(H,27,29,30). The number of benzene rings is 3. The molecular weight excluding hydrogens is 426 g/mol. The van der Waals surface area contributed by atoms with Crippen LogP contribution in [0.2, 0.25) is 5.02 Å². The lowest BCUT2D eigenvalue weighted by molar-refractivity contribution is 0.0996. The van der Waals surface area contributed by atoms with Gasteiger partial charge in [0, 0.05) is 39.2 Å². The molecule has 3 aromatic carbocycles. The fraction of sp³-hybridized carbons (Fsp3) is 0.0400. The summed E-state index contributed by atoms with van der Waals surface area (Å²) in [6, 6.07) is 21.5. The summed E-state index contributed by atoms with van der Waals surface area (Å²) in [4.78, 5) is 44.8. The molecule has 0 saturated carbocycles. The van der Waals surface area contributed by atoms with Gasteiger partial charge < -0.3 is 10.3 Å². The van der Waals surface area contributed by atoms with Crippen molar-refractivity contribution in [1.29, 1.82) is 0 Å². The Hall–Kier alpha value is -4.03. The lowest BCUT2D eigenvalue weighted by Gasteiger charge is -2.11. The topological polar surface area (TPSA) is 91.9 Å². The van der Waals surface area contributed by atoms with Gasteiger partial charge in [0.2, 0.25) is 0 Å². The van der Waals surface area contributed by atoms with Crippen LogP contribution in [0.1, 0.15) is 32.0 Å². The van der Waals surface area contributed by atoms with Gasteiger partial charge in [0.05, 0.1) is 5.56 Å². The average Bonchev–Trinajstić information content (AvgIpc) is 2.78. The van der Waals surface area contributed by atoms with Crippen LogP contribution in [0.15, 0.2) is 83.7 Å². The first-order chi connectivity index (χ1) is 15.4.